The summed E-state index contributed by atoms with van der Waals surface area (Å²) in [5.74, 6) is 0. The van der Waals surface area contributed by atoms with Crippen molar-refractivity contribution in [1.82, 2.24) is 10.7 Å². The Hall–Kier alpha value is -1.20. The van der Waals surface area contributed by atoms with Crippen molar-refractivity contribution in [3.05, 3.63) is 0 Å². The normalized spacial score (nSPS) is 15.9. The Morgan fingerprint density at radius 2 is 2.33 bits per heavy atom. The molecule has 6 heteroatoms. The second kappa shape index (κ2) is 2.95. The van der Waals surface area contributed by atoms with Gasteiger partial charge in [-0.2, -0.15) is 10.7 Å². The van der Waals surface area contributed by atoms with Gasteiger partial charge < -0.3 is 0 Å². The highest BCUT2D eigenvalue weighted by Crippen LogP contribution is 1.94. The van der Waals surface area contributed by atoms with E-state index in [0.717, 1.165) is 13.0 Å². The molecule has 0 radical (unpaired) electrons. The topological polar surface area (TPSA) is 64.7 Å². The molecule has 1 heterocycles. The Morgan fingerprint density at radius 3 is 2.89 bits per heavy atom. The van der Waals surface area contributed by atoms with Crippen molar-refractivity contribution in [2.75, 3.05) is 6.54 Å². The molecule has 0 unspecified atom stereocenters. The highest BCUT2D eigenvalue weighted by molar-refractivity contribution is 4.37. The number of rotatable bonds is 2. The van der Waals surface area contributed by atoms with Gasteiger partial charge in [-0.15, -0.1) is 0 Å². The minimum absolute atomic E-state index is 0.794. The second-order valence-corrected chi connectivity index (χ2v) is 1.59. The van der Waals surface area contributed by atoms with Gasteiger partial charge in [-0.05, 0) is 27.3 Å². The molecule has 0 aromatic carbocycles. The summed E-state index contributed by atoms with van der Waals surface area (Å²) in [5.41, 5.74) is 2.55. The van der Waals surface area contributed by atoms with Crippen LogP contribution >= 0.6 is 0 Å². The van der Waals surface area contributed by atoms with Crippen molar-refractivity contribution in [3.8, 4) is 0 Å². The molecule has 0 spiro atoms. The van der Waals surface area contributed by atoms with E-state index in [0.29, 0.717) is 0 Å². The van der Waals surface area contributed by atoms with Crippen molar-refractivity contribution in [3.63, 3.8) is 0 Å². The van der Waals surface area contributed by atoms with Crippen molar-refractivity contribution in [2.45, 2.75) is 13.3 Å². The molecule has 1 aliphatic heterocycles. The SMILES string of the molecule is CCCN1N=NN=NN1. The smallest absolute Gasteiger partial charge is 0.0616 e. The molecule has 1 N–H and O–H groups in total. The minimum Gasteiger partial charge on any atom is -0.180 e. The van der Waals surface area contributed by atoms with Gasteiger partial charge in [0.2, 0.25) is 0 Å². The molecule has 0 aliphatic carbocycles. The summed E-state index contributed by atoms with van der Waals surface area (Å²) in [6, 6.07) is 0. The van der Waals surface area contributed by atoms with E-state index in [-0.39, 0.29) is 0 Å². The monoisotopic (exact) mass is 128 g/mol. The lowest BCUT2D eigenvalue weighted by Crippen LogP contribution is -2.30. The summed E-state index contributed by atoms with van der Waals surface area (Å²) >= 11 is 0. The average molecular weight is 128 g/mol. The molecular formula is C3H8N6. The molecule has 0 bridgehead atoms. The van der Waals surface area contributed by atoms with E-state index in [1.807, 2.05) is 6.92 Å². The van der Waals surface area contributed by atoms with Crippen molar-refractivity contribution >= 4 is 0 Å². The Kier molecular flexibility index (Phi) is 1.95. The zero-order valence-corrected chi connectivity index (χ0v) is 5.15. The number of hydrogen-bond acceptors (Lipinski definition) is 6. The molecule has 0 saturated carbocycles. The third-order valence-corrected chi connectivity index (χ3v) is 0.828. The van der Waals surface area contributed by atoms with Crippen molar-refractivity contribution in [2.24, 2.45) is 20.9 Å². The number of hydrogen-bond donors (Lipinski definition) is 1. The Bertz CT molecular complexity index is 128. The number of nitrogens with zero attached hydrogens (tertiary/aromatic N) is 5. The first kappa shape index (κ1) is 5.93. The van der Waals surface area contributed by atoms with Gasteiger partial charge >= 0.3 is 0 Å². The van der Waals surface area contributed by atoms with Crippen LogP contribution in [0.25, 0.3) is 0 Å². The molecular weight excluding hydrogens is 120 g/mol. The first-order valence-corrected chi connectivity index (χ1v) is 2.77. The molecule has 0 aromatic heterocycles. The maximum Gasteiger partial charge on any atom is 0.0616 e. The predicted molar refractivity (Wildman–Crippen MR) is 29.8 cm³/mol. The number of nitrogens with one attached hydrogen (secondary N) is 1. The van der Waals surface area contributed by atoms with E-state index in [9.17, 15) is 0 Å². The molecule has 0 atom stereocenters. The van der Waals surface area contributed by atoms with E-state index in [4.69, 9.17) is 0 Å². The van der Waals surface area contributed by atoms with Gasteiger partial charge in [0.05, 0.1) is 6.54 Å². The van der Waals surface area contributed by atoms with Crippen LogP contribution in [0, 0.1) is 0 Å². The Labute approximate surface area is 52.5 Å². The van der Waals surface area contributed by atoms with Crippen LogP contribution in [0.5, 0.6) is 0 Å². The summed E-state index contributed by atoms with van der Waals surface area (Å²) < 4.78 is 0. The van der Waals surface area contributed by atoms with Crippen molar-refractivity contribution < 1.29 is 0 Å². The Balaban J connectivity index is 2.28. The zero-order chi connectivity index (χ0) is 6.53. The Morgan fingerprint density at radius 1 is 1.44 bits per heavy atom. The van der Waals surface area contributed by atoms with Crippen LogP contribution in [0.3, 0.4) is 0 Å². The van der Waals surface area contributed by atoms with Gasteiger partial charge in [-0.3, -0.25) is 0 Å². The molecule has 0 amide bonds. The quantitative estimate of drug-likeness (QED) is 0.599. The lowest BCUT2D eigenvalue weighted by molar-refractivity contribution is 0.157. The summed E-state index contributed by atoms with van der Waals surface area (Å²) in [6.07, 6.45) is 1.00. The van der Waals surface area contributed by atoms with Crippen LogP contribution < -0.4 is 5.53 Å². The minimum atomic E-state index is 0.794. The highest BCUT2D eigenvalue weighted by atomic mass is 15.9. The molecule has 0 fully saturated rings. The van der Waals surface area contributed by atoms with Crippen LogP contribution in [-0.2, 0) is 0 Å². The fraction of sp³-hybridized carbons (Fsp3) is 1.00. The van der Waals surface area contributed by atoms with E-state index >= 15 is 0 Å². The van der Waals surface area contributed by atoms with Crippen LogP contribution in [0.2, 0.25) is 0 Å². The lowest BCUT2D eigenvalue weighted by atomic mass is 10.5. The van der Waals surface area contributed by atoms with E-state index in [2.05, 4.69) is 26.4 Å². The molecule has 0 saturated heterocycles. The first-order valence-electron chi connectivity index (χ1n) is 2.77. The fourth-order valence-corrected chi connectivity index (χ4v) is 0.484. The van der Waals surface area contributed by atoms with E-state index in [1.165, 1.54) is 5.12 Å². The molecule has 9 heavy (non-hydrogen) atoms. The fourth-order valence-electron chi connectivity index (χ4n) is 0.484. The third kappa shape index (κ3) is 1.63. The van der Waals surface area contributed by atoms with Crippen LogP contribution in [0.15, 0.2) is 20.9 Å². The van der Waals surface area contributed by atoms with Gasteiger partial charge in [-0.25, -0.2) is 0 Å². The molecule has 1 aliphatic rings. The van der Waals surface area contributed by atoms with E-state index < -0.39 is 0 Å². The van der Waals surface area contributed by atoms with Crippen molar-refractivity contribution in [1.29, 1.82) is 0 Å². The van der Waals surface area contributed by atoms with Gasteiger partial charge in [-0.1, -0.05) is 6.92 Å². The van der Waals surface area contributed by atoms with Gasteiger partial charge in [0.25, 0.3) is 0 Å². The van der Waals surface area contributed by atoms with E-state index in [1.54, 1.807) is 0 Å². The number of hydrazine groups is 1. The largest absolute Gasteiger partial charge is 0.180 e. The predicted octanol–water partition coefficient (Wildman–Crippen LogP) is 0.866. The molecule has 0 aromatic rings. The van der Waals surface area contributed by atoms with Crippen LogP contribution in [0.4, 0.5) is 0 Å². The average Bonchev–Trinajstić information content (AvgIpc) is 1.91. The lowest BCUT2D eigenvalue weighted by Gasteiger charge is -2.14. The summed E-state index contributed by atoms with van der Waals surface area (Å²) in [7, 11) is 0. The first-order chi connectivity index (χ1) is 4.43. The zero-order valence-electron chi connectivity index (χ0n) is 5.15. The second-order valence-electron chi connectivity index (χ2n) is 1.59. The third-order valence-electron chi connectivity index (χ3n) is 0.828. The van der Waals surface area contributed by atoms with Gasteiger partial charge in [0.15, 0.2) is 0 Å². The molecule has 50 valence electrons. The van der Waals surface area contributed by atoms with Gasteiger partial charge in [0.1, 0.15) is 0 Å². The molecule has 1 rings (SSSR count). The highest BCUT2D eigenvalue weighted by Gasteiger charge is 1.98. The maximum absolute atomic E-state index is 3.61. The van der Waals surface area contributed by atoms with Crippen LogP contribution in [-0.4, -0.2) is 11.7 Å². The van der Waals surface area contributed by atoms with Crippen LogP contribution in [0.1, 0.15) is 13.3 Å². The standard InChI is InChI=1S/C3H8N6/c1-2-3-9-7-5-4-6-8-9/h2-3H2,1H3,(H,4,7,8). The van der Waals surface area contributed by atoms with Gasteiger partial charge in [0, 0.05) is 0 Å². The molecule has 6 nitrogen and oxygen atoms in total. The maximum atomic E-state index is 3.61. The summed E-state index contributed by atoms with van der Waals surface area (Å²) in [5, 5.41) is 15.1. The summed E-state index contributed by atoms with van der Waals surface area (Å²) in [6.45, 7) is 2.84. The summed E-state index contributed by atoms with van der Waals surface area (Å²) in [4.78, 5) is 0.